The molecule has 0 radical (unpaired) electrons. The molecule has 0 unspecified atom stereocenters. The fraction of sp³-hybridized carbons (Fsp3) is 0.118. The van der Waals surface area contributed by atoms with Crippen molar-refractivity contribution in [3.05, 3.63) is 60.2 Å². The van der Waals surface area contributed by atoms with Crippen LogP contribution in [-0.4, -0.2) is 27.8 Å². The number of aromatic nitrogens is 3. The fourth-order valence-electron chi connectivity index (χ4n) is 2.22. The van der Waals surface area contributed by atoms with E-state index in [1.807, 2.05) is 49.5 Å². The molecule has 110 valence electrons. The second-order valence-electron chi connectivity index (χ2n) is 4.82. The van der Waals surface area contributed by atoms with E-state index in [0.717, 1.165) is 17.0 Å². The molecule has 0 saturated carbocycles. The standard InChI is InChI=1S/C17H15N3O2/c1-20-16(13-6-4-3-5-7-13)18-15(19-20)12-8-10-14(11-9-12)17(21)22-2/h3-11H,1-2H3. The van der Waals surface area contributed by atoms with Gasteiger partial charge in [-0.15, -0.1) is 0 Å². The van der Waals surface area contributed by atoms with Crippen molar-refractivity contribution in [2.45, 2.75) is 0 Å². The number of aryl methyl sites for hydroxylation is 1. The van der Waals surface area contributed by atoms with Gasteiger partial charge in [0, 0.05) is 18.2 Å². The molecule has 3 aromatic rings. The maximum Gasteiger partial charge on any atom is 0.337 e. The highest BCUT2D eigenvalue weighted by Gasteiger charge is 2.12. The molecular weight excluding hydrogens is 278 g/mol. The molecule has 5 heteroatoms. The first-order valence-electron chi connectivity index (χ1n) is 6.84. The van der Waals surface area contributed by atoms with Crippen LogP contribution in [-0.2, 0) is 11.8 Å². The minimum Gasteiger partial charge on any atom is -0.465 e. The molecule has 1 heterocycles. The van der Waals surface area contributed by atoms with Crippen LogP contribution in [0.15, 0.2) is 54.6 Å². The predicted molar refractivity (Wildman–Crippen MR) is 83.2 cm³/mol. The average molecular weight is 293 g/mol. The van der Waals surface area contributed by atoms with Crippen LogP contribution in [0.5, 0.6) is 0 Å². The van der Waals surface area contributed by atoms with Gasteiger partial charge in [-0.1, -0.05) is 42.5 Å². The van der Waals surface area contributed by atoms with Crippen molar-refractivity contribution in [1.82, 2.24) is 14.8 Å². The molecule has 0 aliphatic carbocycles. The van der Waals surface area contributed by atoms with Gasteiger partial charge in [0.1, 0.15) is 0 Å². The van der Waals surface area contributed by atoms with Crippen LogP contribution in [0.3, 0.4) is 0 Å². The summed E-state index contributed by atoms with van der Waals surface area (Å²) in [6.45, 7) is 0. The Bertz CT molecular complexity index is 793. The van der Waals surface area contributed by atoms with E-state index in [9.17, 15) is 4.79 Å². The lowest BCUT2D eigenvalue weighted by molar-refractivity contribution is 0.0601. The Morgan fingerprint density at radius 2 is 1.68 bits per heavy atom. The van der Waals surface area contributed by atoms with E-state index in [4.69, 9.17) is 0 Å². The van der Waals surface area contributed by atoms with Crippen molar-refractivity contribution in [2.75, 3.05) is 7.11 Å². The summed E-state index contributed by atoms with van der Waals surface area (Å²) in [5.41, 5.74) is 2.37. The molecule has 3 rings (SSSR count). The number of benzene rings is 2. The van der Waals surface area contributed by atoms with Gasteiger partial charge < -0.3 is 4.74 Å². The monoisotopic (exact) mass is 293 g/mol. The number of hydrogen-bond donors (Lipinski definition) is 0. The largest absolute Gasteiger partial charge is 0.465 e. The molecular formula is C17H15N3O2. The van der Waals surface area contributed by atoms with Gasteiger partial charge in [-0.25, -0.2) is 14.5 Å². The number of carbonyl (C=O) groups excluding carboxylic acids is 1. The highest BCUT2D eigenvalue weighted by Crippen LogP contribution is 2.22. The summed E-state index contributed by atoms with van der Waals surface area (Å²) in [6.07, 6.45) is 0. The summed E-state index contributed by atoms with van der Waals surface area (Å²) >= 11 is 0. The zero-order chi connectivity index (χ0) is 15.5. The lowest BCUT2D eigenvalue weighted by atomic mass is 10.1. The first kappa shape index (κ1) is 14.0. The quantitative estimate of drug-likeness (QED) is 0.697. The molecule has 0 atom stereocenters. The first-order chi connectivity index (χ1) is 10.7. The number of ether oxygens (including phenoxy) is 1. The maximum absolute atomic E-state index is 11.4. The molecule has 2 aromatic carbocycles. The van der Waals surface area contributed by atoms with Crippen molar-refractivity contribution in [1.29, 1.82) is 0 Å². The lowest BCUT2D eigenvalue weighted by Gasteiger charge is -1.99. The Hall–Kier alpha value is -2.95. The van der Waals surface area contributed by atoms with Crippen LogP contribution in [0.4, 0.5) is 0 Å². The summed E-state index contributed by atoms with van der Waals surface area (Å²) in [5.74, 6) is 1.07. The summed E-state index contributed by atoms with van der Waals surface area (Å²) < 4.78 is 6.44. The fourth-order valence-corrected chi connectivity index (χ4v) is 2.22. The van der Waals surface area contributed by atoms with E-state index in [2.05, 4.69) is 14.8 Å². The van der Waals surface area contributed by atoms with Crippen LogP contribution >= 0.6 is 0 Å². The van der Waals surface area contributed by atoms with E-state index < -0.39 is 0 Å². The SMILES string of the molecule is COC(=O)c1ccc(-c2nc(-c3ccccc3)n(C)n2)cc1. The van der Waals surface area contributed by atoms with Crippen LogP contribution in [0.25, 0.3) is 22.8 Å². The first-order valence-corrected chi connectivity index (χ1v) is 6.84. The zero-order valence-corrected chi connectivity index (χ0v) is 12.4. The molecule has 0 amide bonds. The van der Waals surface area contributed by atoms with Gasteiger partial charge in [0.25, 0.3) is 0 Å². The predicted octanol–water partition coefficient (Wildman–Crippen LogP) is 2.94. The second-order valence-corrected chi connectivity index (χ2v) is 4.82. The summed E-state index contributed by atoms with van der Waals surface area (Å²) in [7, 11) is 3.23. The number of hydrogen-bond acceptors (Lipinski definition) is 4. The number of esters is 1. The molecule has 0 aliphatic rings. The molecule has 0 N–H and O–H groups in total. The zero-order valence-electron chi connectivity index (χ0n) is 12.4. The minimum atomic E-state index is -0.356. The minimum absolute atomic E-state index is 0.356. The Labute approximate surface area is 128 Å². The topological polar surface area (TPSA) is 57.0 Å². The van der Waals surface area contributed by atoms with Gasteiger partial charge in [-0.05, 0) is 12.1 Å². The summed E-state index contributed by atoms with van der Waals surface area (Å²) in [4.78, 5) is 16.0. The molecule has 0 saturated heterocycles. The molecule has 1 aromatic heterocycles. The second kappa shape index (κ2) is 5.81. The Balaban J connectivity index is 1.95. The Kier molecular flexibility index (Phi) is 3.70. The van der Waals surface area contributed by atoms with Crippen LogP contribution in [0, 0.1) is 0 Å². The molecule has 22 heavy (non-hydrogen) atoms. The van der Waals surface area contributed by atoms with E-state index >= 15 is 0 Å². The van der Waals surface area contributed by atoms with Gasteiger partial charge in [-0.3, -0.25) is 0 Å². The summed E-state index contributed by atoms with van der Waals surface area (Å²) in [6, 6.07) is 16.9. The molecule has 0 spiro atoms. The van der Waals surface area contributed by atoms with Crippen molar-refractivity contribution in [3.63, 3.8) is 0 Å². The highest BCUT2D eigenvalue weighted by atomic mass is 16.5. The van der Waals surface area contributed by atoms with Crippen molar-refractivity contribution >= 4 is 5.97 Å². The molecule has 0 bridgehead atoms. The van der Waals surface area contributed by atoms with E-state index in [-0.39, 0.29) is 5.97 Å². The van der Waals surface area contributed by atoms with Crippen LogP contribution in [0.2, 0.25) is 0 Å². The van der Waals surface area contributed by atoms with E-state index in [1.165, 1.54) is 7.11 Å². The Morgan fingerprint density at radius 1 is 1.00 bits per heavy atom. The van der Waals surface area contributed by atoms with Gasteiger partial charge in [0.2, 0.25) is 0 Å². The third-order valence-electron chi connectivity index (χ3n) is 3.36. The van der Waals surface area contributed by atoms with Crippen molar-refractivity contribution in [3.8, 4) is 22.8 Å². The number of rotatable bonds is 3. The average Bonchev–Trinajstić information content (AvgIpc) is 2.97. The number of nitrogens with zero attached hydrogens (tertiary/aromatic N) is 3. The van der Waals surface area contributed by atoms with E-state index in [0.29, 0.717) is 11.4 Å². The summed E-state index contributed by atoms with van der Waals surface area (Å²) in [5, 5.41) is 4.44. The third kappa shape index (κ3) is 2.61. The van der Waals surface area contributed by atoms with Crippen LogP contribution in [0.1, 0.15) is 10.4 Å². The van der Waals surface area contributed by atoms with Gasteiger partial charge in [-0.2, -0.15) is 5.10 Å². The normalized spacial score (nSPS) is 10.5. The number of methoxy groups -OCH3 is 1. The van der Waals surface area contributed by atoms with Crippen molar-refractivity contribution < 1.29 is 9.53 Å². The van der Waals surface area contributed by atoms with Crippen LogP contribution < -0.4 is 0 Å². The van der Waals surface area contributed by atoms with Gasteiger partial charge >= 0.3 is 5.97 Å². The van der Waals surface area contributed by atoms with E-state index in [1.54, 1.807) is 16.8 Å². The Morgan fingerprint density at radius 3 is 2.32 bits per heavy atom. The number of carbonyl (C=O) groups is 1. The van der Waals surface area contributed by atoms with Gasteiger partial charge in [0.05, 0.1) is 12.7 Å². The molecule has 5 nitrogen and oxygen atoms in total. The van der Waals surface area contributed by atoms with Gasteiger partial charge in [0.15, 0.2) is 11.6 Å². The third-order valence-corrected chi connectivity index (χ3v) is 3.36. The van der Waals surface area contributed by atoms with Crippen molar-refractivity contribution in [2.24, 2.45) is 7.05 Å². The maximum atomic E-state index is 11.4. The molecule has 0 fully saturated rings. The smallest absolute Gasteiger partial charge is 0.337 e. The lowest BCUT2D eigenvalue weighted by Crippen LogP contribution is -2.00. The highest BCUT2D eigenvalue weighted by molar-refractivity contribution is 5.89. The molecule has 0 aliphatic heterocycles.